The van der Waals surface area contributed by atoms with Gasteiger partial charge in [-0.05, 0) is 97.1 Å². The quantitative estimate of drug-likeness (QED) is 0.224. The van der Waals surface area contributed by atoms with Crippen molar-refractivity contribution >= 4 is 39.8 Å². The molecule has 0 bridgehead atoms. The third-order valence-corrected chi connectivity index (χ3v) is 7.83. The first kappa shape index (κ1) is 27.1. The molecular weight excluding hydrogens is 524 g/mol. The number of carbonyl (C=O) groups is 3. The fourth-order valence-corrected chi connectivity index (χ4v) is 5.59. The van der Waals surface area contributed by atoms with E-state index in [4.69, 9.17) is 0 Å². The van der Waals surface area contributed by atoms with E-state index in [1.54, 1.807) is 17.0 Å². The number of anilines is 2. The van der Waals surface area contributed by atoms with Crippen LogP contribution in [0.2, 0.25) is 0 Å². The predicted molar refractivity (Wildman–Crippen MR) is 164 cm³/mol. The average molecular weight is 555 g/mol. The van der Waals surface area contributed by atoms with Gasteiger partial charge in [-0.15, -0.1) is 0 Å². The maximum Gasteiger partial charge on any atom is 0.262 e. The van der Waals surface area contributed by atoms with Crippen LogP contribution in [-0.2, 0) is 0 Å². The van der Waals surface area contributed by atoms with E-state index >= 15 is 0 Å². The number of amides is 1. The van der Waals surface area contributed by atoms with E-state index in [1.165, 1.54) is 12.1 Å². The fraction of sp³-hybridized carbons (Fsp3) is 0.167. The van der Waals surface area contributed by atoms with E-state index in [9.17, 15) is 19.5 Å². The molecular formula is C36H30N2O4. The molecule has 1 N–H and O–H groups in total. The van der Waals surface area contributed by atoms with E-state index in [2.05, 4.69) is 18.8 Å². The molecule has 1 aromatic heterocycles. The topological polar surface area (TPSA) is 87.6 Å². The summed E-state index contributed by atoms with van der Waals surface area (Å²) < 4.78 is 0. The lowest BCUT2D eigenvalue weighted by molar-refractivity contribution is 0.0885. The smallest absolute Gasteiger partial charge is 0.262 e. The molecule has 0 spiro atoms. The van der Waals surface area contributed by atoms with E-state index < -0.39 is 17.5 Å². The summed E-state index contributed by atoms with van der Waals surface area (Å²) in [6.07, 6.45) is 0. The van der Waals surface area contributed by atoms with Gasteiger partial charge in [0.15, 0.2) is 11.6 Å². The summed E-state index contributed by atoms with van der Waals surface area (Å²) >= 11 is 0. The van der Waals surface area contributed by atoms with Crippen LogP contribution in [0.1, 0.15) is 79.1 Å². The van der Waals surface area contributed by atoms with Gasteiger partial charge in [-0.2, -0.15) is 0 Å². The minimum Gasteiger partial charge on any atom is -0.506 e. The number of hydrogen-bond acceptors (Lipinski definition) is 5. The van der Waals surface area contributed by atoms with Gasteiger partial charge >= 0.3 is 0 Å². The molecule has 0 aliphatic heterocycles. The molecule has 6 heteroatoms. The Morgan fingerprint density at radius 3 is 2.05 bits per heavy atom. The highest BCUT2D eigenvalue weighted by Crippen LogP contribution is 2.39. The molecule has 1 aliphatic rings. The Morgan fingerprint density at radius 1 is 0.786 bits per heavy atom. The second-order valence-electron chi connectivity index (χ2n) is 11.2. The molecule has 6 nitrogen and oxygen atoms in total. The number of aryl methyl sites for hydroxylation is 2. The van der Waals surface area contributed by atoms with Gasteiger partial charge in [0.1, 0.15) is 17.4 Å². The van der Waals surface area contributed by atoms with Crippen LogP contribution in [-0.4, -0.2) is 27.6 Å². The molecule has 5 aromatic rings. The number of Topliss-reactive ketones (excluding diaryl/α,β-unsaturated/α-hetero) is 2. The zero-order valence-corrected chi connectivity index (χ0v) is 23.9. The lowest BCUT2D eigenvalue weighted by atomic mass is 9.96. The first-order valence-corrected chi connectivity index (χ1v) is 14.0. The molecule has 0 saturated carbocycles. The van der Waals surface area contributed by atoms with Crippen molar-refractivity contribution in [2.45, 2.75) is 39.5 Å². The van der Waals surface area contributed by atoms with Gasteiger partial charge in [0.2, 0.25) is 0 Å². The summed E-state index contributed by atoms with van der Waals surface area (Å²) in [5.74, 6) is -2.43. The lowest BCUT2D eigenvalue weighted by Crippen LogP contribution is -2.26. The molecule has 208 valence electrons. The maximum absolute atomic E-state index is 14.1. The van der Waals surface area contributed by atoms with Crippen molar-refractivity contribution in [3.05, 3.63) is 130 Å². The molecule has 1 aliphatic carbocycles. The van der Waals surface area contributed by atoms with Crippen molar-refractivity contribution in [2.75, 3.05) is 4.90 Å². The standard InChI is InChI=1S/C36H30N2O4/c1-20(2)23-12-14-30-25(17-23)19-31(39)33(37-30)32-34(40)28-13-11-24(18-29(28)35(32)41)36(42)38(26-9-5-7-21(3)15-26)27-10-6-8-22(4)16-27/h5-20,32,39H,1-4H3. The minimum atomic E-state index is -1.27. The number of benzene rings is 4. The molecule has 42 heavy (non-hydrogen) atoms. The van der Waals surface area contributed by atoms with Crippen LogP contribution >= 0.6 is 0 Å². The van der Waals surface area contributed by atoms with E-state index in [0.29, 0.717) is 22.8 Å². The highest BCUT2D eigenvalue weighted by atomic mass is 16.3. The zero-order valence-electron chi connectivity index (χ0n) is 23.9. The number of pyridine rings is 1. The van der Waals surface area contributed by atoms with Crippen molar-refractivity contribution in [2.24, 2.45) is 0 Å². The van der Waals surface area contributed by atoms with Crippen molar-refractivity contribution in [1.29, 1.82) is 0 Å². The second kappa shape index (κ2) is 10.4. The van der Waals surface area contributed by atoms with Crippen LogP contribution in [0.4, 0.5) is 11.4 Å². The Labute approximate surface area is 244 Å². The molecule has 1 amide bonds. The van der Waals surface area contributed by atoms with Gasteiger partial charge in [0, 0.05) is 33.5 Å². The number of rotatable bonds is 5. The molecule has 1 unspecified atom stereocenters. The summed E-state index contributed by atoms with van der Waals surface area (Å²) in [7, 11) is 0. The van der Waals surface area contributed by atoms with Gasteiger partial charge in [-0.3, -0.25) is 19.3 Å². The van der Waals surface area contributed by atoms with Crippen molar-refractivity contribution in [3.63, 3.8) is 0 Å². The average Bonchev–Trinajstić information content (AvgIpc) is 3.21. The monoisotopic (exact) mass is 554 g/mol. The molecule has 1 heterocycles. The second-order valence-corrected chi connectivity index (χ2v) is 11.2. The summed E-state index contributed by atoms with van der Waals surface area (Å²) in [5.41, 5.74) is 5.74. The number of carbonyl (C=O) groups excluding carboxylic acids is 3. The largest absolute Gasteiger partial charge is 0.506 e. The normalized spacial score (nSPS) is 14.5. The number of ketones is 2. The van der Waals surface area contributed by atoms with Gasteiger partial charge < -0.3 is 5.11 Å². The lowest BCUT2D eigenvalue weighted by Gasteiger charge is -2.24. The number of nitrogens with zero attached hydrogens (tertiary/aromatic N) is 2. The Hall–Kier alpha value is -5.10. The van der Waals surface area contributed by atoms with Crippen LogP contribution in [0.3, 0.4) is 0 Å². The van der Waals surface area contributed by atoms with Crippen LogP contribution in [0.15, 0.2) is 91.0 Å². The third-order valence-electron chi connectivity index (χ3n) is 7.83. The first-order chi connectivity index (χ1) is 20.1. The Bertz CT molecular complexity index is 1880. The summed E-state index contributed by atoms with van der Waals surface area (Å²) in [4.78, 5) is 47.5. The maximum atomic E-state index is 14.1. The third kappa shape index (κ3) is 4.65. The van der Waals surface area contributed by atoms with Crippen LogP contribution in [0.5, 0.6) is 5.75 Å². The molecule has 0 fully saturated rings. The van der Waals surface area contributed by atoms with E-state index in [0.717, 1.165) is 22.1 Å². The van der Waals surface area contributed by atoms with Gasteiger partial charge in [-0.1, -0.05) is 44.2 Å². The van der Waals surface area contributed by atoms with E-state index in [-0.39, 0.29) is 34.0 Å². The Kier molecular flexibility index (Phi) is 6.70. The molecule has 1 atom stereocenters. The fourth-order valence-electron chi connectivity index (χ4n) is 5.59. The van der Waals surface area contributed by atoms with Crippen molar-refractivity contribution < 1.29 is 19.5 Å². The molecule has 0 saturated heterocycles. The van der Waals surface area contributed by atoms with Gasteiger partial charge in [0.05, 0.1) is 5.52 Å². The summed E-state index contributed by atoms with van der Waals surface area (Å²) in [5, 5.41) is 11.6. The highest BCUT2D eigenvalue weighted by Gasteiger charge is 2.42. The number of hydrogen-bond donors (Lipinski definition) is 1. The van der Waals surface area contributed by atoms with E-state index in [1.807, 2.05) is 80.6 Å². The predicted octanol–water partition coefficient (Wildman–Crippen LogP) is 7.82. The Morgan fingerprint density at radius 2 is 1.43 bits per heavy atom. The number of aromatic hydroxyl groups is 1. The SMILES string of the molecule is Cc1cccc(N(C(=O)c2ccc3c(c2)C(=O)C(c2nc4ccc(C(C)C)cc4cc2O)C3=O)c2cccc(C)c2)c1. The van der Waals surface area contributed by atoms with Crippen LogP contribution in [0.25, 0.3) is 10.9 Å². The van der Waals surface area contributed by atoms with Crippen LogP contribution < -0.4 is 4.90 Å². The summed E-state index contributed by atoms with van der Waals surface area (Å²) in [6, 6.07) is 27.2. The Balaban J connectivity index is 1.39. The zero-order chi connectivity index (χ0) is 29.7. The minimum absolute atomic E-state index is 0.0278. The molecule has 4 aromatic carbocycles. The first-order valence-electron chi connectivity index (χ1n) is 14.0. The van der Waals surface area contributed by atoms with Crippen molar-refractivity contribution in [3.8, 4) is 5.75 Å². The number of fused-ring (bicyclic) bond motifs is 2. The van der Waals surface area contributed by atoms with Gasteiger partial charge in [-0.25, -0.2) is 4.98 Å². The van der Waals surface area contributed by atoms with Gasteiger partial charge in [0.25, 0.3) is 5.91 Å². The molecule has 0 radical (unpaired) electrons. The number of aromatic nitrogens is 1. The summed E-state index contributed by atoms with van der Waals surface area (Å²) in [6.45, 7) is 8.08. The molecule has 6 rings (SSSR count). The highest BCUT2D eigenvalue weighted by molar-refractivity contribution is 6.30. The van der Waals surface area contributed by atoms with Crippen molar-refractivity contribution in [1.82, 2.24) is 4.98 Å². The van der Waals surface area contributed by atoms with Crippen LogP contribution in [0, 0.1) is 13.8 Å².